The zero-order chi connectivity index (χ0) is 16.2. The van der Waals surface area contributed by atoms with Crippen LogP contribution in [-0.2, 0) is 32.5 Å². The number of carbonyl (C=O) groups is 1. The Morgan fingerprint density at radius 1 is 1.55 bits per heavy atom. The van der Waals surface area contributed by atoms with Crippen LogP contribution in [0.2, 0.25) is 0 Å². The first-order chi connectivity index (χ1) is 10.4. The molecule has 124 valence electrons. The molecule has 0 spiro atoms. The lowest BCUT2D eigenvalue weighted by Crippen LogP contribution is -2.38. The van der Waals surface area contributed by atoms with E-state index in [1.807, 2.05) is 13.1 Å². The lowest BCUT2D eigenvalue weighted by Gasteiger charge is -2.24. The minimum absolute atomic E-state index is 0.0382. The van der Waals surface area contributed by atoms with E-state index in [2.05, 4.69) is 5.10 Å². The molecule has 0 radical (unpaired) electrons. The van der Waals surface area contributed by atoms with Gasteiger partial charge in [0.25, 0.3) is 0 Å². The standard InChI is InChI=1S/C14H23N3O4S/c1-3-17-10-12(8-15-17)9-16(5-6-21-2)14(18)13-4-7-22(19,20)11-13/h8,10,13H,3-7,9,11H2,1-2H3. The maximum Gasteiger partial charge on any atom is 0.227 e. The monoisotopic (exact) mass is 329 g/mol. The van der Waals surface area contributed by atoms with Crippen LogP contribution in [0.4, 0.5) is 0 Å². The molecule has 1 saturated heterocycles. The van der Waals surface area contributed by atoms with Crippen LogP contribution in [0.25, 0.3) is 0 Å². The number of aromatic nitrogens is 2. The van der Waals surface area contributed by atoms with Crippen LogP contribution in [0.15, 0.2) is 12.4 Å². The summed E-state index contributed by atoms with van der Waals surface area (Å²) in [6, 6.07) is 0. The van der Waals surface area contributed by atoms with Crippen molar-refractivity contribution in [3.05, 3.63) is 18.0 Å². The molecule has 2 heterocycles. The van der Waals surface area contributed by atoms with Gasteiger partial charge in [-0.3, -0.25) is 9.48 Å². The Balaban J connectivity index is 2.06. The third-order valence-corrected chi connectivity index (χ3v) is 5.61. The predicted molar refractivity (Wildman–Crippen MR) is 82.0 cm³/mol. The maximum absolute atomic E-state index is 12.6. The summed E-state index contributed by atoms with van der Waals surface area (Å²) in [5, 5.41) is 4.20. The molecule has 1 aliphatic rings. The zero-order valence-corrected chi connectivity index (χ0v) is 13.9. The van der Waals surface area contributed by atoms with Crippen molar-refractivity contribution >= 4 is 15.7 Å². The smallest absolute Gasteiger partial charge is 0.227 e. The molecule has 1 atom stereocenters. The van der Waals surface area contributed by atoms with Crippen LogP contribution >= 0.6 is 0 Å². The summed E-state index contributed by atoms with van der Waals surface area (Å²) in [6.07, 6.45) is 4.05. The van der Waals surface area contributed by atoms with E-state index in [1.165, 1.54) is 0 Å². The molecule has 1 aromatic heterocycles. The second kappa shape index (κ2) is 7.23. The van der Waals surface area contributed by atoms with Gasteiger partial charge in [-0.2, -0.15) is 5.10 Å². The average Bonchev–Trinajstić information content (AvgIpc) is 3.08. The second-order valence-electron chi connectivity index (χ2n) is 5.56. The summed E-state index contributed by atoms with van der Waals surface area (Å²) in [4.78, 5) is 14.3. The molecule has 0 saturated carbocycles. The van der Waals surface area contributed by atoms with Crippen molar-refractivity contribution in [3.8, 4) is 0 Å². The summed E-state index contributed by atoms with van der Waals surface area (Å²) < 4.78 is 30.0. The minimum Gasteiger partial charge on any atom is -0.383 e. The second-order valence-corrected chi connectivity index (χ2v) is 7.79. The SMILES string of the molecule is CCn1cc(CN(CCOC)C(=O)C2CCS(=O)(=O)C2)cn1. The van der Waals surface area contributed by atoms with E-state index in [4.69, 9.17) is 4.74 Å². The lowest BCUT2D eigenvalue weighted by atomic mass is 10.1. The van der Waals surface area contributed by atoms with Gasteiger partial charge in [-0.15, -0.1) is 0 Å². The van der Waals surface area contributed by atoms with Crippen LogP contribution in [0.3, 0.4) is 0 Å². The van der Waals surface area contributed by atoms with Crippen LogP contribution < -0.4 is 0 Å². The highest BCUT2D eigenvalue weighted by Crippen LogP contribution is 2.21. The number of aryl methyl sites for hydroxylation is 1. The highest BCUT2D eigenvalue weighted by molar-refractivity contribution is 7.91. The zero-order valence-electron chi connectivity index (χ0n) is 13.1. The Labute approximate surface area is 131 Å². The lowest BCUT2D eigenvalue weighted by molar-refractivity contribution is -0.136. The number of nitrogens with zero attached hydrogens (tertiary/aromatic N) is 3. The minimum atomic E-state index is -3.06. The van der Waals surface area contributed by atoms with Crippen molar-refractivity contribution in [2.24, 2.45) is 5.92 Å². The van der Waals surface area contributed by atoms with Crippen molar-refractivity contribution in [1.82, 2.24) is 14.7 Å². The van der Waals surface area contributed by atoms with Gasteiger partial charge in [0.2, 0.25) is 5.91 Å². The fourth-order valence-corrected chi connectivity index (χ4v) is 4.33. The van der Waals surface area contributed by atoms with E-state index < -0.39 is 15.8 Å². The molecule has 1 unspecified atom stereocenters. The summed E-state index contributed by atoms with van der Waals surface area (Å²) in [5.41, 5.74) is 0.937. The number of sulfone groups is 1. The molecule has 8 heteroatoms. The van der Waals surface area contributed by atoms with Gasteiger partial charge in [0.05, 0.1) is 30.2 Å². The number of amides is 1. The number of rotatable bonds is 7. The quantitative estimate of drug-likeness (QED) is 0.719. The highest BCUT2D eigenvalue weighted by Gasteiger charge is 2.35. The summed E-state index contributed by atoms with van der Waals surface area (Å²) in [5.74, 6) is -0.468. The summed E-state index contributed by atoms with van der Waals surface area (Å²) in [6.45, 7) is 4.07. The highest BCUT2D eigenvalue weighted by atomic mass is 32.2. The Bertz CT molecular complexity index is 611. The van der Waals surface area contributed by atoms with Crippen molar-refractivity contribution in [1.29, 1.82) is 0 Å². The Morgan fingerprint density at radius 3 is 2.86 bits per heavy atom. The molecule has 1 amide bonds. The molecule has 1 aromatic rings. The molecule has 2 rings (SSSR count). The van der Waals surface area contributed by atoms with E-state index in [9.17, 15) is 13.2 Å². The molecular weight excluding hydrogens is 306 g/mol. The molecule has 1 aliphatic heterocycles. The van der Waals surface area contributed by atoms with Crippen LogP contribution in [0, 0.1) is 5.92 Å². The van der Waals surface area contributed by atoms with Crippen molar-refractivity contribution in [3.63, 3.8) is 0 Å². The Morgan fingerprint density at radius 2 is 2.32 bits per heavy atom. The van der Waals surface area contributed by atoms with Gasteiger partial charge in [0, 0.05) is 38.5 Å². The van der Waals surface area contributed by atoms with Gasteiger partial charge in [0.1, 0.15) is 0 Å². The third-order valence-electron chi connectivity index (χ3n) is 3.84. The topological polar surface area (TPSA) is 81.5 Å². The van der Waals surface area contributed by atoms with Crippen LogP contribution in [0.1, 0.15) is 18.9 Å². The fraction of sp³-hybridized carbons (Fsp3) is 0.714. The molecular formula is C14H23N3O4S. The first kappa shape index (κ1) is 17.0. The number of carbonyl (C=O) groups excluding carboxylic acids is 1. The van der Waals surface area contributed by atoms with Gasteiger partial charge in [0.15, 0.2) is 9.84 Å². The van der Waals surface area contributed by atoms with Gasteiger partial charge in [-0.1, -0.05) is 0 Å². The molecule has 0 aromatic carbocycles. The number of hydrogen-bond donors (Lipinski definition) is 0. The largest absolute Gasteiger partial charge is 0.383 e. The summed E-state index contributed by atoms with van der Waals surface area (Å²) >= 11 is 0. The predicted octanol–water partition coefficient (Wildman–Crippen LogP) is 0.313. The van der Waals surface area contributed by atoms with Gasteiger partial charge in [-0.25, -0.2) is 8.42 Å². The average molecular weight is 329 g/mol. The van der Waals surface area contributed by atoms with E-state index in [1.54, 1.807) is 22.9 Å². The van der Waals surface area contributed by atoms with E-state index >= 15 is 0 Å². The molecule has 0 bridgehead atoms. The number of ether oxygens (including phenoxy) is 1. The maximum atomic E-state index is 12.6. The normalized spacial score (nSPS) is 20.2. The molecule has 22 heavy (non-hydrogen) atoms. The van der Waals surface area contributed by atoms with Gasteiger partial charge < -0.3 is 9.64 Å². The van der Waals surface area contributed by atoms with Crippen molar-refractivity contribution < 1.29 is 17.9 Å². The van der Waals surface area contributed by atoms with E-state index in [-0.39, 0.29) is 17.4 Å². The summed E-state index contributed by atoms with van der Waals surface area (Å²) in [7, 11) is -1.48. The van der Waals surface area contributed by atoms with Crippen molar-refractivity contribution in [2.75, 3.05) is 31.8 Å². The first-order valence-corrected chi connectivity index (χ1v) is 9.26. The van der Waals surface area contributed by atoms with Crippen LogP contribution in [0.5, 0.6) is 0 Å². The fourth-order valence-electron chi connectivity index (χ4n) is 2.60. The molecule has 0 aliphatic carbocycles. The molecule has 0 N–H and O–H groups in total. The Kier molecular flexibility index (Phi) is 5.57. The molecule has 1 fully saturated rings. The van der Waals surface area contributed by atoms with E-state index in [0.29, 0.717) is 26.1 Å². The van der Waals surface area contributed by atoms with Gasteiger partial charge >= 0.3 is 0 Å². The Hall–Kier alpha value is -1.41. The van der Waals surface area contributed by atoms with Crippen LogP contribution in [-0.4, -0.2) is 60.8 Å². The molecule has 7 nitrogen and oxygen atoms in total. The van der Waals surface area contributed by atoms with Crippen molar-refractivity contribution in [2.45, 2.75) is 26.4 Å². The number of hydrogen-bond acceptors (Lipinski definition) is 5. The first-order valence-electron chi connectivity index (χ1n) is 7.44. The van der Waals surface area contributed by atoms with Gasteiger partial charge in [-0.05, 0) is 13.3 Å². The number of methoxy groups -OCH3 is 1. The van der Waals surface area contributed by atoms with E-state index in [0.717, 1.165) is 12.1 Å². The third kappa shape index (κ3) is 4.30.